The smallest absolute Gasteiger partial charge is 0.321 e. The first kappa shape index (κ1) is 15.6. The van der Waals surface area contributed by atoms with E-state index in [1.807, 2.05) is 29.2 Å². The summed E-state index contributed by atoms with van der Waals surface area (Å²) in [5.74, 6) is 0.775. The molecule has 0 saturated carbocycles. The predicted octanol–water partition coefficient (Wildman–Crippen LogP) is 1.19. The summed E-state index contributed by atoms with van der Waals surface area (Å²) in [5.41, 5.74) is 6.45. The number of carbonyl (C=O) groups is 1. The molecule has 3 N–H and O–H groups in total. The quantitative estimate of drug-likeness (QED) is 0.874. The van der Waals surface area contributed by atoms with Gasteiger partial charge in [-0.2, -0.15) is 0 Å². The number of methoxy groups -OCH3 is 1. The van der Waals surface area contributed by atoms with Crippen LogP contribution in [0.3, 0.4) is 0 Å². The van der Waals surface area contributed by atoms with Crippen LogP contribution in [-0.4, -0.2) is 61.7 Å². The van der Waals surface area contributed by atoms with Gasteiger partial charge in [0, 0.05) is 44.5 Å². The van der Waals surface area contributed by atoms with E-state index in [4.69, 9.17) is 10.5 Å². The summed E-state index contributed by atoms with van der Waals surface area (Å²) in [6.07, 6.45) is 0. The number of rotatable bonds is 4. The van der Waals surface area contributed by atoms with Crippen LogP contribution in [-0.2, 0) is 0 Å². The molecule has 6 heteroatoms. The van der Waals surface area contributed by atoms with Gasteiger partial charge >= 0.3 is 6.03 Å². The molecule has 0 aliphatic carbocycles. The third-order valence-corrected chi connectivity index (χ3v) is 3.91. The van der Waals surface area contributed by atoms with Gasteiger partial charge in [-0.05, 0) is 31.2 Å². The van der Waals surface area contributed by atoms with Crippen LogP contribution in [0.25, 0.3) is 0 Å². The maximum Gasteiger partial charge on any atom is 0.321 e. The van der Waals surface area contributed by atoms with E-state index >= 15 is 0 Å². The highest BCUT2D eigenvalue weighted by Gasteiger charge is 2.23. The Morgan fingerprint density at radius 2 is 1.90 bits per heavy atom. The number of hydrogen-bond donors (Lipinski definition) is 2. The summed E-state index contributed by atoms with van der Waals surface area (Å²) in [4.78, 5) is 16.4. The van der Waals surface area contributed by atoms with Gasteiger partial charge in [0.2, 0.25) is 0 Å². The average molecular weight is 292 g/mol. The van der Waals surface area contributed by atoms with Gasteiger partial charge in [-0.25, -0.2) is 4.79 Å². The van der Waals surface area contributed by atoms with Crippen molar-refractivity contribution in [2.75, 3.05) is 45.2 Å². The molecule has 2 rings (SSSR count). The molecule has 0 radical (unpaired) electrons. The zero-order valence-corrected chi connectivity index (χ0v) is 12.7. The lowest BCUT2D eigenvalue weighted by molar-refractivity contribution is 0.122. The highest BCUT2D eigenvalue weighted by atomic mass is 16.5. The fraction of sp³-hybridized carbons (Fsp3) is 0.533. The van der Waals surface area contributed by atoms with Gasteiger partial charge in [0.1, 0.15) is 5.75 Å². The van der Waals surface area contributed by atoms with Gasteiger partial charge in [-0.3, -0.25) is 4.90 Å². The maximum absolute atomic E-state index is 12.2. The van der Waals surface area contributed by atoms with Crippen molar-refractivity contribution in [3.8, 4) is 5.75 Å². The Morgan fingerprint density at radius 1 is 1.29 bits per heavy atom. The standard InChI is InChI=1S/C15H24N4O2/c1-12(11-16)18-7-9-19(10-8-18)15(20)17-13-3-5-14(21-2)6-4-13/h3-6,12H,7-11,16H2,1-2H3,(H,17,20). The van der Waals surface area contributed by atoms with E-state index in [1.165, 1.54) is 0 Å². The summed E-state index contributed by atoms with van der Waals surface area (Å²) in [5, 5.41) is 2.91. The summed E-state index contributed by atoms with van der Waals surface area (Å²) >= 11 is 0. The number of anilines is 1. The number of piperazine rings is 1. The lowest BCUT2D eigenvalue weighted by atomic mass is 10.2. The molecule has 0 aromatic heterocycles. The molecule has 1 fully saturated rings. The molecule has 1 unspecified atom stereocenters. The van der Waals surface area contributed by atoms with Gasteiger partial charge in [0.25, 0.3) is 0 Å². The van der Waals surface area contributed by atoms with E-state index in [0.29, 0.717) is 12.6 Å². The van der Waals surface area contributed by atoms with Crippen LogP contribution in [0.5, 0.6) is 5.75 Å². The Morgan fingerprint density at radius 3 is 2.43 bits per heavy atom. The maximum atomic E-state index is 12.2. The predicted molar refractivity (Wildman–Crippen MR) is 83.7 cm³/mol. The molecular weight excluding hydrogens is 268 g/mol. The van der Waals surface area contributed by atoms with Crippen molar-refractivity contribution in [1.29, 1.82) is 0 Å². The molecule has 0 bridgehead atoms. The first-order valence-electron chi connectivity index (χ1n) is 7.28. The minimum absolute atomic E-state index is 0.0554. The van der Waals surface area contributed by atoms with Crippen LogP contribution in [0, 0.1) is 0 Å². The fourth-order valence-electron chi connectivity index (χ4n) is 2.39. The molecule has 1 aromatic rings. The first-order valence-corrected chi connectivity index (χ1v) is 7.28. The Kier molecular flexibility index (Phi) is 5.41. The number of nitrogens with zero attached hydrogens (tertiary/aromatic N) is 2. The van der Waals surface area contributed by atoms with Crippen LogP contribution < -0.4 is 15.8 Å². The number of hydrogen-bond acceptors (Lipinski definition) is 4. The molecule has 2 amide bonds. The Hall–Kier alpha value is -1.79. The molecule has 1 aliphatic heterocycles. The first-order chi connectivity index (χ1) is 10.1. The van der Waals surface area contributed by atoms with Gasteiger partial charge in [0.15, 0.2) is 0 Å². The molecule has 1 aliphatic rings. The SMILES string of the molecule is COc1ccc(NC(=O)N2CCN(C(C)CN)CC2)cc1. The normalized spacial score (nSPS) is 17.4. The molecule has 21 heavy (non-hydrogen) atoms. The van der Waals surface area contributed by atoms with Crippen molar-refractivity contribution in [2.45, 2.75) is 13.0 Å². The molecule has 6 nitrogen and oxygen atoms in total. The van der Waals surface area contributed by atoms with Crippen LogP contribution in [0.1, 0.15) is 6.92 Å². The van der Waals surface area contributed by atoms with E-state index in [1.54, 1.807) is 7.11 Å². The molecule has 1 aromatic carbocycles. The second kappa shape index (κ2) is 7.28. The summed E-state index contributed by atoms with van der Waals surface area (Å²) in [7, 11) is 1.62. The Bertz CT molecular complexity index is 455. The summed E-state index contributed by atoms with van der Waals surface area (Å²) in [6, 6.07) is 7.65. The Labute approximate surface area is 125 Å². The van der Waals surface area contributed by atoms with Crippen LogP contribution in [0.4, 0.5) is 10.5 Å². The third kappa shape index (κ3) is 4.09. The van der Waals surface area contributed by atoms with Crippen molar-refractivity contribution in [3.63, 3.8) is 0 Å². The number of benzene rings is 1. The number of nitrogens with two attached hydrogens (primary N) is 1. The largest absolute Gasteiger partial charge is 0.497 e. The Balaban J connectivity index is 1.84. The van der Waals surface area contributed by atoms with Crippen LogP contribution in [0.2, 0.25) is 0 Å². The van der Waals surface area contributed by atoms with E-state index < -0.39 is 0 Å². The van der Waals surface area contributed by atoms with Gasteiger partial charge < -0.3 is 20.7 Å². The fourth-order valence-corrected chi connectivity index (χ4v) is 2.39. The molecule has 1 heterocycles. The van der Waals surface area contributed by atoms with Gasteiger partial charge in [-0.1, -0.05) is 0 Å². The topological polar surface area (TPSA) is 70.8 Å². The zero-order valence-electron chi connectivity index (χ0n) is 12.7. The molecular formula is C15H24N4O2. The van der Waals surface area contributed by atoms with Crippen molar-refractivity contribution in [3.05, 3.63) is 24.3 Å². The molecule has 116 valence electrons. The number of carbonyl (C=O) groups excluding carboxylic acids is 1. The number of nitrogens with one attached hydrogen (secondary N) is 1. The van der Waals surface area contributed by atoms with E-state index in [0.717, 1.165) is 37.6 Å². The average Bonchev–Trinajstić information content (AvgIpc) is 2.55. The molecule has 0 spiro atoms. The minimum Gasteiger partial charge on any atom is -0.497 e. The van der Waals surface area contributed by atoms with Gasteiger partial charge in [0.05, 0.1) is 7.11 Å². The lowest BCUT2D eigenvalue weighted by Crippen LogP contribution is -2.53. The summed E-state index contributed by atoms with van der Waals surface area (Å²) < 4.78 is 5.10. The third-order valence-electron chi connectivity index (χ3n) is 3.91. The van der Waals surface area contributed by atoms with Gasteiger partial charge in [-0.15, -0.1) is 0 Å². The van der Waals surface area contributed by atoms with E-state index in [9.17, 15) is 4.79 Å². The minimum atomic E-state index is -0.0554. The van der Waals surface area contributed by atoms with Crippen LogP contribution >= 0.6 is 0 Å². The second-order valence-electron chi connectivity index (χ2n) is 5.27. The number of urea groups is 1. The highest BCUT2D eigenvalue weighted by molar-refractivity contribution is 5.89. The zero-order chi connectivity index (χ0) is 15.2. The number of amides is 2. The monoisotopic (exact) mass is 292 g/mol. The lowest BCUT2D eigenvalue weighted by Gasteiger charge is -2.37. The van der Waals surface area contributed by atoms with Crippen LogP contribution in [0.15, 0.2) is 24.3 Å². The highest BCUT2D eigenvalue weighted by Crippen LogP contribution is 2.16. The number of ether oxygens (including phenoxy) is 1. The second-order valence-corrected chi connectivity index (χ2v) is 5.27. The van der Waals surface area contributed by atoms with Crippen molar-refractivity contribution < 1.29 is 9.53 Å². The molecule has 1 atom stereocenters. The van der Waals surface area contributed by atoms with Crippen molar-refractivity contribution in [2.24, 2.45) is 5.73 Å². The van der Waals surface area contributed by atoms with E-state index in [2.05, 4.69) is 17.1 Å². The summed E-state index contributed by atoms with van der Waals surface area (Å²) in [6.45, 7) is 5.96. The van der Waals surface area contributed by atoms with Crippen molar-refractivity contribution in [1.82, 2.24) is 9.80 Å². The van der Waals surface area contributed by atoms with Crippen molar-refractivity contribution >= 4 is 11.7 Å². The van der Waals surface area contributed by atoms with E-state index in [-0.39, 0.29) is 6.03 Å². The molecule has 1 saturated heterocycles.